The van der Waals surface area contributed by atoms with E-state index in [0.717, 1.165) is 0 Å². The van der Waals surface area contributed by atoms with E-state index in [9.17, 15) is 149 Å². The molecule has 20 nitrogen and oxygen atoms in total. The van der Waals surface area contributed by atoms with Crippen LogP contribution < -0.4 is 0 Å². The summed E-state index contributed by atoms with van der Waals surface area (Å²) in [5, 5.41) is -0.211. The molecule has 2 atom stereocenters. The van der Waals surface area contributed by atoms with E-state index in [1.165, 1.54) is 0 Å². The molecular formula is C30H9Cl7F34O20. The van der Waals surface area contributed by atoms with Gasteiger partial charge in [0.2, 0.25) is 0 Å². The van der Waals surface area contributed by atoms with Crippen LogP contribution in [0, 0.1) is 0 Å². The molecule has 0 aromatic rings. The summed E-state index contributed by atoms with van der Waals surface area (Å²) >= 11 is 34.8. The quantitative estimate of drug-likeness (QED) is 0.159. The Morgan fingerprint density at radius 3 is 0.758 bits per heavy atom. The van der Waals surface area contributed by atoms with Crippen LogP contribution in [0.25, 0.3) is 0 Å². The molecule has 0 bridgehead atoms. The van der Waals surface area contributed by atoms with E-state index in [4.69, 9.17) is 63.1 Å². The molecule has 9 heterocycles. The van der Waals surface area contributed by atoms with Gasteiger partial charge in [0.05, 0.1) is 19.8 Å². The van der Waals surface area contributed by atoms with Gasteiger partial charge in [0, 0.05) is 5.88 Å². The largest absolute Gasteiger partial charge is 0.495 e. The van der Waals surface area contributed by atoms with Gasteiger partial charge in [0.1, 0.15) is 0 Å². The van der Waals surface area contributed by atoms with Gasteiger partial charge in [-0.05, 0) is 23.2 Å². The fourth-order valence-corrected chi connectivity index (χ4v) is 7.25. The van der Waals surface area contributed by atoms with Crippen LogP contribution in [0.2, 0.25) is 0 Å². The van der Waals surface area contributed by atoms with Gasteiger partial charge in [-0.15, -0.1) is 55.5 Å². The topological polar surface area (TPSA) is 196 Å². The molecule has 0 amide bonds. The van der Waals surface area contributed by atoms with Crippen molar-refractivity contribution in [2.24, 2.45) is 0 Å². The summed E-state index contributed by atoms with van der Waals surface area (Å²) in [4.78, 5) is 0. The normalized spacial score (nSPS) is 35.1. The first-order valence-electron chi connectivity index (χ1n) is 20.3. The van der Waals surface area contributed by atoms with E-state index in [0.29, 0.717) is 0 Å². The summed E-state index contributed by atoms with van der Waals surface area (Å²) in [6, 6.07) is -5.18. The molecule has 0 aliphatic carbocycles. The lowest BCUT2D eigenvalue weighted by atomic mass is 10.2. The first kappa shape index (κ1) is 80.0. The second kappa shape index (κ2) is 22.9. The third kappa shape index (κ3) is 13.8. The highest BCUT2D eigenvalue weighted by molar-refractivity contribution is 6.61. The summed E-state index contributed by atoms with van der Waals surface area (Å²) < 4.78 is 491. The van der Waals surface area contributed by atoms with Crippen LogP contribution >= 0.6 is 81.2 Å². The molecular weight excluding hydrogens is 1570 g/mol. The van der Waals surface area contributed by atoms with Crippen LogP contribution in [0.15, 0.2) is 12.0 Å². The predicted molar refractivity (Wildman–Crippen MR) is 194 cm³/mol. The lowest BCUT2D eigenvalue weighted by Crippen LogP contribution is -2.71. The van der Waals surface area contributed by atoms with Crippen LogP contribution in [0.4, 0.5) is 149 Å². The maximum absolute atomic E-state index is 13.5. The van der Waals surface area contributed by atoms with Crippen molar-refractivity contribution in [3.8, 4) is 0 Å². The Kier molecular flexibility index (Phi) is 20.1. The molecule has 91 heavy (non-hydrogen) atoms. The molecule has 9 aliphatic rings. The summed E-state index contributed by atoms with van der Waals surface area (Å²) in [5.74, 6) is -23.8. The predicted octanol–water partition coefficient (Wildman–Crippen LogP) is 12.8. The van der Waals surface area contributed by atoms with Crippen molar-refractivity contribution in [1.29, 1.82) is 0 Å². The third-order valence-electron chi connectivity index (χ3n) is 9.79. The highest BCUT2D eigenvalue weighted by Crippen LogP contribution is 2.68. The van der Waals surface area contributed by atoms with Crippen LogP contribution in [0.3, 0.4) is 0 Å². The Labute approximate surface area is 503 Å². The Bertz CT molecular complexity index is 2490. The second-order valence-electron chi connectivity index (χ2n) is 16.1. The minimum Gasteiger partial charge on any atom is -0.408 e. The Morgan fingerprint density at radius 2 is 0.516 bits per heavy atom. The summed E-state index contributed by atoms with van der Waals surface area (Å²) in [6.07, 6.45) is -81.3. The maximum atomic E-state index is 13.5. The van der Waals surface area contributed by atoms with Crippen molar-refractivity contribution in [2.75, 3.05) is 25.7 Å². The summed E-state index contributed by atoms with van der Waals surface area (Å²) in [7, 11) is 0. The van der Waals surface area contributed by atoms with E-state index in [2.05, 4.69) is 113 Å². The Morgan fingerprint density at radius 1 is 0.308 bits per heavy atom. The van der Waals surface area contributed by atoms with Crippen LogP contribution in [-0.2, 0) is 90.0 Å². The van der Waals surface area contributed by atoms with Crippen molar-refractivity contribution in [1.82, 2.24) is 0 Å². The zero-order valence-corrected chi connectivity index (χ0v) is 44.8. The van der Waals surface area contributed by atoms with Gasteiger partial charge >= 0.3 is 144 Å². The van der Waals surface area contributed by atoms with Crippen LogP contribution in [-0.4, -0.2) is 172 Å². The average Bonchev–Trinajstić information content (AvgIpc) is 1.60. The van der Waals surface area contributed by atoms with Gasteiger partial charge in [0.25, 0.3) is 9.04 Å². The van der Waals surface area contributed by atoms with Gasteiger partial charge in [-0.3, -0.25) is 18.9 Å². The highest BCUT2D eigenvalue weighted by Gasteiger charge is 2.93. The van der Waals surface area contributed by atoms with E-state index in [1.807, 2.05) is 0 Å². The number of ether oxygens (including phenoxy) is 19. The molecule has 0 aromatic carbocycles. The Hall–Kier alpha value is -1.73. The molecule has 2 unspecified atom stereocenters. The first-order valence-corrected chi connectivity index (χ1v) is 23.1. The molecule has 536 valence electrons. The standard InChI is InChI=1S/C6Cl4F6O4.C6Cl2F8O4.C6H5ClF6O4.C6F8O4.C6H4F6O4/c7-2(8)3(9,10)18-1(17-2)4(11,12)19-6(15,16)20-5(1,13)14;7-2(9)3(8,10)18-1(17-2)4(11,12)19-6(15,16)20-5(1,13)14;7-1-2-15-3(14)4(8,9)16-6(12,13)17-5(3,10)11;7-1-2(8)16-3(15-1)4(9,10)17-6(13,14)18-5(3,11)12;7-4(8)3(13-1-2-14-3)5(9,10)16-6(11,12)15-4/h;;14H,1-2H2;;1-2H2. The molecule has 61 heteroatoms. The number of alkyl halides is 39. The minimum absolute atomic E-state index is 0.551. The molecule has 9 aliphatic heterocycles. The van der Waals surface area contributed by atoms with Gasteiger partial charge < -0.3 is 28.8 Å². The lowest BCUT2D eigenvalue weighted by Gasteiger charge is -2.44. The third-order valence-corrected chi connectivity index (χ3v) is 12.4. The fourth-order valence-electron chi connectivity index (χ4n) is 6.29. The Balaban J connectivity index is 0.000000207. The summed E-state index contributed by atoms with van der Waals surface area (Å²) in [5.41, 5.74) is 0. The number of aliphatic hydroxyl groups is 1. The molecule has 0 saturated carbocycles. The minimum atomic E-state index is -5.78. The van der Waals surface area contributed by atoms with Gasteiger partial charge in [-0.25, -0.2) is 47.4 Å². The number of rotatable bonds is 3. The zero-order chi connectivity index (χ0) is 71.4. The molecule has 8 fully saturated rings. The number of hydrogen-bond acceptors (Lipinski definition) is 20. The highest BCUT2D eigenvalue weighted by atomic mass is 35.5. The monoisotopic (exact) mass is 1580 g/mol. The molecule has 4 spiro atoms. The summed E-state index contributed by atoms with van der Waals surface area (Å²) in [6.45, 7) is -2.21. The zero-order valence-electron chi connectivity index (χ0n) is 39.5. The molecule has 0 aromatic heterocycles. The van der Waals surface area contributed by atoms with Crippen LogP contribution in [0.5, 0.6) is 0 Å². The molecule has 8 saturated heterocycles. The maximum Gasteiger partial charge on any atom is 0.495 e. The molecule has 9 rings (SSSR count). The van der Waals surface area contributed by atoms with Crippen molar-refractivity contribution in [2.45, 2.75) is 141 Å². The van der Waals surface area contributed by atoms with E-state index in [1.54, 1.807) is 0 Å². The number of hydrogen-bond donors (Lipinski definition) is 1. The van der Waals surface area contributed by atoms with E-state index >= 15 is 0 Å². The molecule has 1 N–H and O–H groups in total. The first-order chi connectivity index (χ1) is 39.7. The van der Waals surface area contributed by atoms with Gasteiger partial charge in [0.15, 0.2) is 0 Å². The van der Waals surface area contributed by atoms with Crippen molar-refractivity contribution < 1.29 is 244 Å². The lowest BCUT2D eigenvalue weighted by molar-refractivity contribution is -0.637. The molecule has 0 radical (unpaired) electrons. The van der Waals surface area contributed by atoms with Crippen LogP contribution in [0.1, 0.15) is 0 Å². The average molecular weight is 1580 g/mol. The van der Waals surface area contributed by atoms with Crippen molar-refractivity contribution in [3.63, 3.8) is 0 Å². The smallest absolute Gasteiger partial charge is 0.408 e. The van der Waals surface area contributed by atoms with Gasteiger partial charge in [-0.2, -0.15) is 105 Å². The van der Waals surface area contributed by atoms with E-state index < -0.39 is 179 Å². The van der Waals surface area contributed by atoms with Crippen molar-refractivity contribution >= 4 is 81.2 Å². The number of halogens is 41. The van der Waals surface area contributed by atoms with Crippen molar-refractivity contribution in [3.05, 3.63) is 12.0 Å². The van der Waals surface area contributed by atoms with E-state index in [-0.39, 0.29) is 0 Å². The fraction of sp³-hybridized carbons (Fsp3) is 0.933. The second-order valence-corrected chi connectivity index (χ2v) is 19.9. The van der Waals surface area contributed by atoms with Gasteiger partial charge in [-0.1, -0.05) is 46.4 Å². The SMILES string of the molecule is FC1(F)OC(F)(F)C2(OC(Cl)(Cl)C(Cl)(Cl)O2)C(F)(F)O1.FC1(F)OC(F)(F)C2(OC(F)(Cl)C(F)(Cl)O2)C(F)(F)O1.FC1(F)OC(F)(F)C2(OCCO2)C(F)(F)O1.FC1=C(F)OC2(O1)C(F)(F)OC(F)(F)OC2(F)F.OC1(OCCCl)C(F)(F)OC(F)(F)OC1(F)F.